The molecular formula is C12H14BrN4. The van der Waals surface area contributed by atoms with E-state index in [2.05, 4.69) is 43.2 Å². The van der Waals surface area contributed by atoms with Crippen molar-refractivity contribution in [1.82, 2.24) is 20.2 Å². The van der Waals surface area contributed by atoms with Crippen molar-refractivity contribution >= 4 is 27.0 Å². The molecular weight excluding hydrogens is 280 g/mol. The maximum absolute atomic E-state index is 4.63. The van der Waals surface area contributed by atoms with E-state index in [4.69, 9.17) is 0 Å². The molecule has 1 atom stereocenters. The number of aromatic nitrogens is 2. The summed E-state index contributed by atoms with van der Waals surface area (Å²) in [4.78, 5) is 10.3. The number of aromatic amines is 1. The average molecular weight is 294 g/mol. The molecule has 5 heteroatoms. The number of rotatable bonds is 1. The van der Waals surface area contributed by atoms with Crippen LogP contribution in [0.25, 0.3) is 11.0 Å². The highest BCUT2D eigenvalue weighted by Gasteiger charge is 2.22. The molecule has 2 aromatic rings. The van der Waals surface area contributed by atoms with E-state index in [1.807, 2.05) is 18.2 Å². The van der Waals surface area contributed by atoms with Crippen molar-refractivity contribution < 1.29 is 0 Å². The van der Waals surface area contributed by atoms with E-state index in [9.17, 15) is 0 Å². The molecule has 3 rings (SSSR count). The number of fused-ring (bicyclic) bond motifs is 1. The Labute approximate surface area is 109 Å². The van der Waals surface area contributed by atoms with Crippen molar-refractivity contribution in [2.24, 2.45) is 0 Å². The van der Waals surface area contributed by atoms with Crippen molar-refractivity contribution in [2.45, 2.75) is 6.04 Å². The molecule has 1 aromatic carbocycles. The van der Waals surface area contributed by atoms with E-state index in [0.717, 1.165) is 41.0 Å². The quantitative estimate of drug-likeness (QED) is 0.873. The fourth-order valence-electron chi connectivity index (χ4n) is 2.16. The first-order valence-electron chi connectivity index (χ1n) is 5.73. The van der Waals surface area contributed by atoms with Crippen LogP contribution in [-0.2, 0) is 0 Å². The highest BCUT2D eigenvalue weighted by molar-refractivity contribution is 9.10. The van der Waals surface area contributed by atoms with Crippen molar-refractivity contribution in [1.29, 1.82) is 0 Å². The Kier molecular flexibility index (Phi) is 2.90. The van der Waals surface area contributed by atoms with E-state index in [1.54, 1.807) is 0 Å². The topological polar surface area (TPSA) is 46.0 Å². The molecule has 17 heavy (non-hydrogen) atoms. The number of H-pyrrole nitrogens is 1. The standard InChI is InChI=1S/C12H14BrN4/c1-17-5-4-14-11(7-17)12-15-9-3-2-8(13)6-10(9)16-12/h2-3,6,11H,4-5,7H2,1H3,(H,15,16). The van der Waals surface area contributed by atoms with Gasteiger partial charge in [-0.05, 0) is 25.2 Å². The summed E-state index contributed by atoms with van der Waals surface area (Å²) in [5.41, 5.74) is 2.07. The van der Waals surface area contributed by atoms with Gasteiger partial charge in [0, 0.05) is 24.1 Å². The maximum Gasteiger partial charge on any atom is 0.127 e. The molecule has 0 amide bonds. The van der Waals surface area contributed by atoms with Gasteiger partial charge in [-0.2, -0.15) is 0 Å². The van der Waals surface area contributed by atoms with Crippen LogP contribution in [0.1, 0.15) is 11.9 Å². The first-order valence-corrected chi connectivity index (χ1v) is 6.52. The normalized spacial score (nSPS) is 22.1. The number of nitrogens with zero attached hydrogens (tertiary/aromatic N) is 3. The number of likely N-dealkylation sites (N-methyl/N-ethyl adjacent to an activating group) is 1. The summed E-state index contributed by atoms with van der Waals surface area (Å²) in [6, 6.07) is 6.28. The lowest BCUT2D eigenvalue weighted by Crippen LogP contribution is -2.40. The zero-order valence-corrected chi connectivity index (χ0v) is 11.2. The van der Waals surface area contributed by atoms with Gasteiger partial charge in [0.15, 0.2) is 0 Å². The summed E-state index contributed by atoms with van der Waals surface area (Å²) >= 11 is 3.46. The number of halogens is 1. The van der Waals surface area contributed by atoms with Crippen molar-refractivity contribution in [3.8, 4) is 0 Å². The number of hydrogen-bond donors (Lipinski definition) is 1. The number of nitrogens with one attached hydrogen (secondary N) is 1. The lowest BCUT2D eigenvalue weighted by molar-refractivity contribution is 0.232. The van der Waals surface area contributed by atoms with E-state index in [0.29, 0.717) is 0 Å². The van der Waals surface area contributed by atoms with Crippen LogP contribution >= 0.6 is 15.9 Å². The summed E-state index contributed by atoms with van der Waals surface area (Å²) in [6.45, 7) is 2.88. The third-order valence-electron chi connectivity index (χ3n) is 3.09. The van der Waals surface area contributed by atoms with Crippen LogP contribution in [0.2, 0.25) is 0 Å². The first-order chi connectivity index (χ1) is 8.22. The number of imidazole rings is 1. The second-order valence-electron chi connectivity index (χ2n) is 4.47. The van der Waals surface area contributed by atoms with Crippen LogP contribution < -0.4 is 5.32 Å². The zero-order valence-electron chi connectivity index (χ0n) is 9.65. The molecule has 2 heterocycles. The van der Waals surface area contributed by atoms with E-state index in [-0.39, 0.29) is 6.04 Å². The SMILES string of the molecule is CN1CC[N]C(c2nc3cc(Br)ccc3[nH]2)C1. The highest BCUT2D eigenvalue weighted by Crippen LogP contribution is 2.22. The Morgan fingerprint density at radius 2 is 2.35 bits per heavy atom. The van der Waals surface area contributed by atoms with Crippen LogP contribution in [-0.4, -0.2) is 41.5 Å². The number of hydrogen-bond acceptors (Lipinski definition) is 2. The van der Waals surface area contributed by atoms with Gasteiger partial charge in [-0.25, -0.2) is 10.3 Å². The number of piperazine rings is 1. The predicted octanol–water partition coefficient (Wildman–Crippen LogP) is 1.92. The van der Waals surface area contributed by atoms with Crippen molar-refractivity contribution in [2.75, 3.05) is 26.7 Å². The first kappa shape index (κ1) is 11.2. The molecule has 0 saturated carbocycles. The van der Waals surface area contributed by atoms with Crippen LogP contribution in [0.4, 0.5) is 0 Å². The second-order valence-corrected chi connectivity index (χ2v) is 5.38. The lowest BCUT2D eigenvalue weighted by atomic mass is 10.2. The van der Waals surface area contributed by atoms with Crippen LogP contribution in [0.15, 0.2) is 22.7 Å². The molecule has 1 fully saturated rings. The molecule has 0 bridgehead atoms. The van der Waals surface area contributed by atoms with Gasteiger partial charge in [0.2, 0.25) is 0 Å². The van der Waals surface area contributed by atoms with Crippen molar-refractivity contribution in [3.63, 3.8) is 0 Å². The fraction of sp³-hybridized carbons (Fsp3) is 0.417. The van der Waals surface area contributed by atoms with E-state index in [1.165, 1.54) is 0 Å². The van der Waals surface area contributed by atoms with Gasteiger partial charge in [0.05, 0.1) is 17.1 Å². The molecule has 4 nitrogen and oxygen atoms in total. The smallest absolute Gasteiger partial charge is 0.127 e. The fourth-order valence-corrected chi connectivity index (χ4v) is 2.51. The molecule has 1 aromatic heterocycles. The van der Waals surface area contributed by atoms with E-state index >= 15 is 0 Å². The Morgan fingerprint density at radius 3 is 3.18 bits per heavy atom. The summed E-state index contributed by atoms with van der Waals surface area (Å²) in [5, 5.41) is 4.62. The predicted molar refractivity (Wildman–Crippen MR) is 71.0 cm³/mol. The maximum atomic E-state index is 4.63. The van der Waals surface area contributed by atoms with Gasteiger partial charge >= 0.3 is 0 Å². The molecule has 1 N–H and O–H groups in total. The summed E-state index contributed by atoms with van der Waals surface area (Å²) in [6.07, 6.45) is 0. The molecule has 0 aliphatic carbocycles. The second kappa shape index (κ2) is 4.40. The van der Waals surface area contributed by atoms with Gasteiger partial charge < -0.3 is 9.88 Å². The summed E-state index contributed by atoms with van der Waals surface area (Å²) in [7, 11) is 2.13. The zero-order chi connectivity index (χ0) is 11.8. The minimum atomic E-state index is 0.180. The summed E-state index contributed by atoms with van der Waals surface area (Å²) < 4.78 is 1.06. The summed E-state index contributed by atoms with van der Waals surface area (Å²) in [5.74, 6) is 0.977. The van der Waals surface area contributed by atoms with Gasteiger partial charge in [0.25, 0.3) is 0 Å². The lowest BCUT2D eigenvalue weighted by Gasteiger charge is -2.28. The Hall–Kier alpha value is -0.910. The average Bonchev–Trinajstić information content (AvgIpc) is 2.72. The van der Waals surface area contributed by atoms with Crippen LogP contribution in [0, 0.1) is 0 Å². The minimum Gasteiger partial charge on any atom is -0.341 e. The molecule has 1 aliphatic rings. The molecule has 1 radical (unpaired) electrons. The van der Waals surface area contributed by atoms with Crippen LogP contribution in [0.5, 0.6) is 0 Å². The molecule has 1 aliphatic heterocycles. The third kappa shape index (κ3) is 2.22. The Bertz CT molecular complexity index is 536. The van der Waals surface area contributed by atoms with Crippen LogP contribution in [0.3, 0.4) is 0 Å². The largest absolute Gasteiger partial charge is 0.341 e. The molecule has 1 saturated heterocycles. The molecule has 1 unspecified atom stereocenters. The van der Waals surface area contributed by atoms with Gasteiger partial charge in [0.1, 0.15) is 5.82 Å². The molecule has 89 valence electrons. The monoisotopic (exact) mass is 293 g/mol. The van der Waals surface area contributed by atoms with Gasteiger partial charge in [-0.15, -0.1) is 0 Å². The van der Waals surface area contributed by atoms with Crippen molar-refractivity contribution in [3.05, 3.63) is 28.5 Å². The molecule has 0 spiro atoms. The Morgan fingerprint density at radius 1 is 1.47 bits per heavy atom. The third-order valence-corrected chi connectivity index (χ3v) is 3.59. The van der Waals surface area contributed by atoms with Gasteiger partial charge in [-0.3, -0.25) is 0 Å². The minimum absolute atomic E-state index is 0.180. The van der Waals surface area contributed by atoms with Gasteiger partial charge in [-0.1, -0.05) is 15.9 Å². The van der Waals surface area contributed by atoms with E-state index < -0.39 is 0 Å². The highest BCUT2D eigenvalue weighted by atomic mass is 79.9. The Balaban J connectivity index is 1.94. The number of benzene rings is 1.